The molecule has 0 bridgehead atoms. The molecular formula is C17H12Cl2N2OS2. The van der Waals surface area contributed by atoms with Crippen LogP contribution in [0.2, 0.25) is 10.0 Å². The molecule has 0 radical (unpaired) electrons. The van der Waals surface area contributed by atoms with Crippen LogP contribution in [0.25, 0.3) is 10.9 Å². The molecular weight excluding hydrogens is 383 g/mol. The lowest BCUT2D eigenvalue weighted by molar-refractivity contribution is 0.558. The number of rotatable bonds is 3. The molecule has 3 nitrogen and oxygen atoms in total. The summed E-state index contributed by atoms with van der Waals surface area (Å²) in [7, 11) is 0. The average molecular weight is 395 g/mol. The molecule has 0 saturated carbocycles. The summed E-state index contributed by atoms with van der Waals surface area (Å²) in [5.41, 5.74) is 0.788. The Morgan fingerprint density at radius 1 is 1.21 bits per heavy atom. The maximum absolute atomic E-state index is 12.8. The third kappa shape index (κ3) is 2.84. The number of hydrogen-bond donors (Lipinski definition) is 0. The van der Waals surface area contributed by atoms with E-state index in [0.29, 0.717) is 15.4 Å². The zero-order chi connectivity index (χ0) is 16.7. The Morgan fingerprint density at radius 3 is 2.92 bits per heavy atom. The van der Waals surface area contributed by atoms with E-state index >= 15 is 0 Å². The standard InChI is InChI=1S/C17H12Cl2N2OS2/c18-12-5-3-7-14(15(12)19)23-8-10-9-24-17-20-13-6-2-1-4-11(13)16(22)21(10)17/h1-7,10H,8-9H2/t10-/m0/s1. The summed E-state index contributed by atoms with van der Waals surface area (Å²) in [6, 6.07) is 13.2. The van der Waals surface area contributed by atoms with Crippen molar-refractivity contribution in [3.05, 3.63) is 62.9 Å². The third-order valence-electron chi connectivity index (χ3n) is 3.89. The van der Waals surface area contributed by atoms with E-state index < -0.39 is 0 Å². The SMILES string of the molecule is O=c1c2ccccc2nc2n1[C@@H](CSc1cccc(Cl)c1Cl)CS2. The number of nitrogens with zero attached hydrogens (tertiary/aromatic N) is 2. The fraction of sp³-hybridized carbons (Fsp3) is 0.176. The molecule has 0 unspecified atom stereocenters. The molecule has 0 saturated heterocycles. The lowest BCUT2D eigenvalue weighted by Crippen LogP contribution is -2.25. The van der Waals surface area contributed by atoms with Gasteiger partial charge in [-0.05, 0) is 24.3 Å². The minimum atomic E-state index is 0.0309. The quantitative estimate of drug-likeness (QED) is 0.454. The van der Waals surface area contributed by atoms with Crippen LogP contribution in [0.4, 0.5) is 0 Å². The molecule has 1 atom stereocenters. The van der Waals surface area contributed by atoms with Crippen LogP contribution < -0.4 is 5.56 Å². The molecule has 0 N–H and O–H groups in total. The van der Waals surface area contributed by atoms with Gasteiger partial charge in [0.25, 0.3) is 5.56 Å². The number of para-hydroxylation sites is 1. The van der Waals surface area contributed by atoms with Gasteiger partial charge in [0.1, 0.15) is 0 Å². The smallest absolute Gasteiger partial charge is 0.262 e. The van der Waals surface area contributed by atoms with Gasteiger partial charge in [-0.25, -0.2) is 4.98 Å². The van der Waals surface area contributed by atoms with Gasteiger partial charge in [-0.15, -0.1) is 11.8 Å². The molecule has 7 heteroatoms. The first-order chi connectivity index (χ1) is 11.6. The Kier molecular flexibility index (Phi) is 4.52. The van der Waals surface area contributed by atoms with Gasteiger partial charge in [0.2, 0.25) is 0 Å². The number of hydrogen-bond acceptors (Lipinski definition) is 4. The first kappa shape index (κ1) is 16.3. The Morgan fingerprint density at radius 2 is 2.04 bits per heavy atom. The van der Waals surface area contributed by atoms with Crippen molar-refractivity contribution >= 4 is 57.6 Å². The second kappa shape index (κ2) is 6.64. The summed E-state index contributed by atoms with van der Waals surface area (Å²) in [6.07, 6.45) is 0. The molecule has 1 aliphatic heterocycles. The molecule has 2 heterocycles. The first-order valence-electron chi connectivity index (χ1n) is 7.36. The molecule has 0 fully saturated rings. The highest BCUT2D eigenvalue weighted by atomic mass is 35.5. The molecule has 24 heavy (non-hydrogen) atoms. The van der Waals surface area contributed by atoms with E-state index in [9.17, 15) is 4.79 Å². The normalized spacial score (nSPS) is 16.5. The summed E-state index contributed by atoms with van der Waals surface area (Å²) in [4.78, 5) is 18.4. The van der Waals surface area contributed by atoms with E-state index in [1.807, 2.05) is 41.0 Å². The summed E-state index contributed by atoms with van der Waals surface area (Å²) in [6.45, 7) is 0. The van der Waals surface area contributed by atoms with Gasteiger partial charge in [0.05, 0.1) is 27.0 Å². The number of thioether (sulfide) groups is 2. The molecule has 1 aliphatic rings. The number of halogens is 2. The van der Waals surface area contributed by atoms with Gasteiger partial charge in [-0.3, -0.25) is 9.36 Å². The lowest BCUT2D eigenvalue weighted by atomic mass is 10.2. The van der Waals surface area contributed by atoms with Crippen LogP contribution in [0.3, 0.4) is 0 Å². The van der Waals surface area contributed by atoms with E-state index in [0.717, 1.165) is 27.1 Å². The van der Waals surface area contributed by atoms with Gasteiger partial charge in [-0.2, -0.15) is 0 Å². The second-order valence-corrected chi connectivity index (χ2v) is 8.25. The molecule has 1 aromatic heterocycles. The minimum Gasteiger partial charge on any atom is -0.282 e. The zero-order valence-electron chi connectivity index (χ0n) is 12.4. The molecule has 3 aromatic rings. The second-order valence-electron chi connectivity index (χ2n) is 5.41. The van der Waals surface area contributed by atoms with Crippen LogP contribution in [0, 0.1) is 0 Å². The fourth-order valence-corrected chi connectivity index (χ4v) is 5.56. The predicted octanol–water partition coefficient (Wildman–Crippen LogP) is 5.14. The van der Waals surface area contributed by atoms with Gasteiger partial charge in [0.15, 0.2) is 5.16 Å². The Labute approximate surface area is 157 Å². The molecule has 2 aromatic carbocycles. The van der Waals surface area contributed by atoms with Crippen LogP contribution >= 0.6 is 46.7 Å². The minimum absolute atomic E-state index is 0.0309. The molecule has 0 spiro atoms. The summed E-state index contributed by atoms with van der Waals surface area (Å²) in [5.74, 6) is 1.59. The van der Waals surface area contributed by atoms with Crippen molar-refractivity contribution in [1.29, 1.82) is 0 Å². The van der Waals surface area contributed by atoms with Gasteiger partial charge < -0.3 is 0 Å². The maximum atomic E-state index is 12.8. The number of fused-ring (bicyclic) bond motifs is 2. The van der Waals surface area contributed by atoms with Crippen LogP contribution in [0.1, 0.15) is 6.04 Å². The van der Waals surface area contributed by atoms with E-state index in [2.05, 4.69) is 4.98 Å². The largest absolute Gasteiger partial charge is 0.282 e. The van der Waals surface area contributed by atoms with Crippen LogP contribution in [0.5, 0.6) is 0 Å². The molecule has 122 valence electrons. The number of aromatic nitrogens is 2. The molecule has 4 rings (SSSR count). The van der Waals surface area contributed by atoms with E-state index in [1.54, 1.807) is 29.6 Å². The predicted molar refractivity (Wildman–Crippen MR) is 103 cm³/mol. The van der Waals surface area contributed by atoms with Crippen molar-refractivity contribution in [1.82, 2.24) is 9.55 Å². The topological polar surface area (TPSA) is 34.9 Å². The van der Waals surface area contributed by atoms with Gasteiger partial charge >= 0.3 is 0 Å². The third-order valence-corrected chi connectivity index (χ3v) is 7.12. The number of benzene rings is 2. The summed E-state index contributed by atoms with van der Waals surface area (Å²) < 4.78 is 1.82. The van der Waals surface area contributed by atoms with Crippen molar-refractivity contribution in [3.8, 4) is 0 Å². The Bertz CT molecular complexity index is 990. The highest BCUT2D eigenvalue weighted by molar-refractivity contribution is 8.00. The van der Waals surface area contributed by atoms with Gasteiger partial charge in [0, 0.05) is 16.4 Å². The van der Waals surface area contributed by atoms with Crippen molar-refractivity contribution in [2.75, 3.05) is 11.5 Å². The average Bonchev–Trinajstić information content (AvgIpc) is 3.00. The maximum Gasteiger partial charge on any atom is 0.262 e. The van der Waals surface area contributed by atoms with E-state index in [1.165, 1.54) is 0 Å². The van der Waals surface area contributed by atoms with Crippen molar-refractivity contribution in [2.45, 2.75) is 16.1 Å². The van der Waals surface area contributed by atoms with E-state index in [-0.39, 0.29) is 11.6 Å². The molecule has 0 amide bonds. The van der Waals surface area contributed by atoms with E-state index in [4.69, 9.17) is 23.2 Å². The van der Waals surface area contributed by atoms with Gasteiger partial charge in [-0.1, -0.05) is 53.2 Å². The van der Waals surface area contributed by atoms with Crippen LogP contribution in [0.15, 0.2) is 57.3 Å². The van der Waals surface area contributed by atoms with Crippen LogP contribution in [-0.2, 0) is 0 Å². The highest BCUT2D eigenvalue weighted by Crippen LogP contribution is 2.38. The zero-order valence-corrected chi connectivity index (χ0v) is 15.6. The van der Waals surface area contributed by atoms with Crippen molar-refractivity contribution in [2.24, 2.45) is 0 Å². The highest BCUT2D eigenvalue weighted by Gasteiger charge is 2.26. The molecule has 0 aliphatic carbocycles. The Hall–Kier alpha value is -1.14. The monoisotopic (exact) mass is 394 g/mol. The van der Waals surface area contributed by atoms with Crippen molar-refractivity contribution in [3.63, 3.8) is 0 Å². The Balaban J connectivity index is 1.65. The summed E-state index contributed by atoms with van der Waals surface area (Å²) >= 11 is 15.6. The first-order valence-corrected chi connectivity index (χ1v) is 10.1. The van der Waals surface area contributed by atoms with Crippen molar-refractivity contribution < 1.29 is 0 Å². The summed E-state index contributed by atoms with van der Waals surface area (Å²) in [5, 5.41) is 2.58. The fourth-order valence-electron chi connectivity index (χ4n) is 2.70. The lowest BCUT2D eigenvalue weighted by Gasteiger charge is -2.14. The van der Waals surface area contributed by atoms with Crippen LogP contribution in [-0.4, -0.2) is 21.1 Å².